The summed E-state index contributed by atoms with van der Waals surface area (Å²) in [6.45, 7) is 0. The Hall–Kier alpha value is -2.17. The van der Waals surface area contributed by atoms with Gasteiger partial charge in [0.15, 0.2) is 0 Å². The molecule has 88 valence electrons. The van der Waals surface area contributed by atoms with Crippen LogP contribution in [-0.4, -0.2) is 22.9 Å². The van der Waals surface area contributed by atoms with E-state index >= 15 is 0 Å². The lowest BCUT2D eigenvalue weighted by atomic mass is 10.2. The topological polar surface area (TPSA) is 44.1 Å². The first-order valence-electron chi connectivity index (χ1n) is 5.05. The van der Waals surface area contributed by atoms with Gasteiger partial charge in [-0.15, -0.1) is 0 Å². The summed E-state index contributed by atoms with van der Waals surface area (Å²) in [6.07, 6.45) is 3.47. The van der Waals surface area contributed by atoms with Crippen LogP contribution in [0.2, 0.25) is 0 Å². The molecule has 0 saturated heterocycles. The van der Waals surface area contributed by atoms with Crippen LogP contribution in [0.3, 0.4) is 0 Å². The van der Waals surface area contributed by atoms with Crippen LogP contribution in [-0.2, 0) is 16.0 Å². The van der Waals surface area contributed by atoms with Crippen LogP contribution in [0, 0.1) is 5.82 Å². The fourth-order valence-electron chi connectivity index (χ4n) is 1.43. The molecular formula is C12H11FN2O2. The second-order valence-corrected chi connectivity index (χ2v) is 3.52. The maximum Gasteiger partial charge on any atom is 0.310 e. The number of rotatable bonds is 3. The maximum atomic E-state index is 12.7. The molecular weight excluding hydrogens is 223 g/mol. The van der Waals surface area contributed by atoms with Crippen molar-refractivity contribution >= 4 is 5.97 Å². The number of methoxy groups -OCH3 is 1. The van der Waals surface area contributed by atoms with Gasteiger partial charge in [-0.2, -0.15) is 5.10 Å². The number of esters is 1. The van der Waals surface area contributed by atoms with E-state index < -0.39 is 0 Å². The lowest BCUT2D eigenvalue weighted by Crippen LogP contribution is -2.03. The Balaban J connectivity index is 2.18. The highest BCUT2D eigenvalue weighted by atomic mass is 19.1. The van der Waals surface area contributed by atoms with Crippen molar-refractivity contribution in [2.45, 2.75) is 6.42 Å². The summed E-state index contributed by atoms with van der Waals surface area (Å²) in [4.78, 5) is 11.1. The normalized spacial score (nSPS) is 10.2. The van der Waals surface area contributed by atoms with Gasteiger partial charge in [0.2, 0.25) is 0 Å². The third-order valence-corrected chi connectivity index (χ3v) is 2.30. The molecule has 0 unspecified atom stereocenters. The monoisotopic (exact) mass is 234 g/mol. The van der Waals surface area contributed by atoms with Crippen molar-refractivity contribution in [2.24, 2.45) is 0 Å². The van der Waals surface area contributed by atoms with Crippen molar-refractivity contribution in [3.05, 3.63) is 48.0 Å². The molecule has 17 heavy (non-hydrogen) atoms. The van der Waals surface area contributed by atoms with Crippen LogP contribution in [0.5, 0.6) is 0 Å². The third kappa shape index (κ3) is 2.69. The molecule has 2 aromatic rings. The standard InChI is InChI=1S/C12H11FN2O2/c1-17-12(16)6-9-7-14-15(8-9)11-4-2-10(13)3-5-11/h2-5,7-8H,6H2,1H3. The molecule has 0 N–H and O–H groups in total. The van der Waals surface area contributed by atoms with Crippen LogP contribution in [0.1, 0.15) is 5.56 Å². The average molecular weight is 234 g/mol. The molecule has 4 nitrogen and oxygen atoms in total. The minimum absolute atomic E-state index is 0.178. The lowest BCUT2D eigenvalue weighted by molar-refractivity contribution is -0.139. The number of carbonyl (C=O) groups excluding carboxylic acids is 1. The molecule has 2 rings (SSSR count). The molecule has 0 bridgehead atoms. The zero-order chi connectivity index (χ0) is 12.3. The Bertz CT molecular complexity index is 520. The molecule has 0 spiro atoms. The van der Waals surface area contributed by atoms with Gasteiger partial charge in [0.05, 0.1) is 25.4 Å². The molecule has 0 amide bonds. The molecule has 1 aromatic carbocycles. The van der Waals surface area contributed by atoms with E-state index in [1.807, 2.05) is 0 Å². The van der Waals surface area contributed by atoms with Gasteiger partial charge in [0.25, 0.3) is 0 Å². The van der Waals surface area contributed by atoms with E-state index in [4.69, 9.17) is 0 Å². The molecule has 0 atom stereocenters. The fraction of sp³-hybridized carbons (Fsp3) is 0.167. The van der Waals surface area contributed by atoms with E-state index in [1.165, 1.54) is 19.2 Å². The van der Waals surface area contributed by atoms with Crippen molar-refractivity contribution in [1.82, 2.24) is 9.78 Å². The summed E-state index contributed by atoms with van der Waals surface area (Å²) < 4.78 is 18.9. The van der Waals surface area contributed by atoms with Crippen LogP contribution in [0.25, 0.3) is 5.69 Å². The van der Waals surface area contributed by atoms with E-state index in [1.54, 1.807) is 29.2 Å². The van der Waals surface area contributed by atoms with Crippen molar-refractivity contribution in [3.8, 4) is 5.69 Å². The Kier molecular flexibility index (Phi) is 3.18. The zero-order valence-electron chi connectivity index (χ0n) is 9.26. The van der Waals surface area contributed by atoms with Crippen molar-refractivity contribution < 1.29 is 13.9 Å². The number of aromatic nitrogens is 2. The first kappa shape index (κ1) is 11.3. The molecule has 0 saturated carbocycles. The first-order chi connectivity index (χ1) is 8.19. The number of halogens is 1. The number of nitrogens with zero attached hydrogens (tertiary/aromatic N) is 2. The zero-order valence-corrected chi connectivity index (χ0v) is 9.26. The Labute approximate surface area is 97.6 Å². The Morgan fingerprint density at radius 1 is 1.41 bits per heavy atom. The highest BCUT2D eigenvalue weighted by molar-refractivity contribution is 5.72. The van der Waals surface area contributed by atoms with Crippen LogP contribution >= 0.6 is 0 Å². The molecule has 5 heteroatoms. The Morgan fingerprint density at radius 3 is 2.76 bits per heavy atom. The quantitative estimate of drug-likeness (QED) is 0.759. The molecule has 0 fully saturated rings. The van der Waals surface area contributed by atoms with Gasteiger partial charge in [-0.1, -0.05) is 0 Å². The predicted molar refractivity (Wildman–Crippen MR) is 59.2 cm³/mol. The van der Waals surface area contributed by atoms with E-state index in [9.17, 15) is 9.18 Å². The van der Waals surface area contributed by atoms with Crippen molar-refractivity contribution in [1.29, 1.82) is 0 Å². The second-order valence-electron chi connectivity index (χ2n) is 3.52. The summed E-state index contributed by atoms with van der Waals surface area (Å²) in [5.74, 6) is -0.612. The van der Waals surface area contributed by atoms with Crippen molar-refractivity contribution in [3.63, 3.8) is 0 Å². The number of benzene rings is 1. The van der Waals surface area contributed by atoms with E-state index in [-0.39, 0.29) is 18.2 Å². The predicted octanol–water partition coefficient (Wildman–Crippen LogP) is 1.73. The van der Waals surface area contributed by atoms with Gasteiger partial charge >= 0.3 is 5.97 Å². The Morgan fingerprint density at radius 2 is 2.12 bits per heavy atom. The van der Waals surface area contributed by atoms with Crippen LogP contribution < -0.4 is 0 Å². The van der Waals surface area contributed by atoms with Crippen molar-refractivity contribution in [2.75, 3.05) is 7.11 Å². The minimum Gasteiger partial charge on any atom is -0.469 e. The highest BCUT2D eigenvalue weighted by Crippen LogP contribution is 2.10. The summed E-state index contributed by atoms with van der Waals surface area (Å²) in [5, 5.41) is 4.09. The molecule has 1 heterocycles. The molecule has 0 aliphatic rings. The second kappa shape index (κ2) is 4.78. The molecule has 1 aromatic heterocycles. The van der Waals surface area contributed by atoms with Gasteiger partial charge in [0, 0.05) is 11.8 Å². The number of hydrogen-bond donors (Lipinski definition) is 0. The summed E-state index contributed by atoms with van der Waals surface area (Å²) in [7, 11) is 1.34. The summed E-state index contributed by atoms with van der Waals surface area (Å²) in [6, 6.07) is 5.95. The van der Waals surface area contributed by atoms with Gasteiger partial charge < -0.3 is 4.74 Å². The SMILES string of the molecule is COC(=O)Cc1cnn(-c2ccc(F)cc2)c1. The van der Waals surface area contributed by atoms with Crippen LogP contribution in [0.4, 0.5) is 4.39 Å². The third-order valence-electron chi connectivity index (χ3n) is 2.30. The van der Waals surface area contributed by atoms with Gasteiger partial charge in [-0.05, 0) is 24.3 Å². The number of carbonyl (C=O) groups is 1. The molecule has 0 aliphatic carbocycles. The molecule has 0 aliphatic heterocycles. The van der Waals surface area contributed by atoms with Gasteiger partial charge in [-0.25, -0.2) is 9.07 Å². The minimum atomic E-state index is -0.316. The maximum absolute atomic E-state index is 12.7. The fourth-order valence-corrected chi connectivity index (χ4v) is 1.43. The van der Waals surface area contributed by atoms with Gasteiger partial charge in [-0.3, -0.25) is 4.79 Å². The number of hydrogen-bond acceptors (Lipinski definition) is 3. The van der Waals surface area contributed by atoms with Gasteiger partial charge in [0.1, 0.15) is 5.82 Å². The largest absolute Gasteiger partial charge is 0.469 e. The van der Waals surface area contributed by atoms with E-state index in [2.05, 4.69) is 9.84 Å². The van der Waals surface area contributed by atoms with E-state index in [0.29, 0.717) is 0 Å². The first-order valence-corrected chi connectivity index (χ1v) is 5.05. The summed E-state index contributed by atoms with van der Waals surface area (Å²) in [5.41, 5.74) is 1.49. The smallest absolute Gasteiger partial charge is 0.310 e. The lowest BCUT2D eigenvalue weighted by Gasteiger charge is -1.99. The highest BCUT2D eigenvalue weighted by Gasteiger charge is 2.06. The summed E-state index contributed by atoms with van der Waals surface area (Å²) >= 11 is 0. The van der Waals surface area contributed by atoms with E-state index in [0.717, 1.165) is 11.3 Å². The number of ether oxygens (including phenoxy) is 1. The van der Waals surface area contributed by atoms with Crippen LogP contribution in [0.15, 0.2) is 36.7 Å². The molecule has 0 radical (unpaired) electrons. The average Bonchev–Trinajstić information content (AvgIpc) is 2.78.